The molecule has 0 spiro atoms. The third-order valence-electron chi connectivity index (χ3n) is 1.37. The van der Waals surface area contributed by atoms with Crippen molar-refractivity contribution in [3.63, 3.8) is 0 Å². The Morgan fingerprint density at radius 3 is 1.91 bits per heavy atom. The van der Waals surface area contributed by atoms with Gasteiger partial charge in [0.15, 0.2) is 5.75 Å². The van der Waals surface area contributed by atoms with Gasteiger partial charge < -0.3 is 21.9 Å². The Kier molecular flexibility index (Phi) is 1.76. The molecule has 0 unspecified atom stereocenters. The van der Waals surface area contributed by atoms with Gasteiger partial charge in [0, 0.05) is 5.69 Å². The van der Waals surface area contributed by atoms with Gasteiger partial charge in [-0.05, 0) is 12.1 Å². The van der Waals surface area contributed by atoms with Gasteiger partial charge in [0.2, 0.25) is 0 Å². The minimum absolute atomic E-state index is 0.463. The maximum absolute atomic E-state index is 5.55. The van der Waals surface area contributed by atoms with Gasteiger partial charge in [0.05, 0.1) is 18.5 Å². The molecule has 0 aromatic heterocycles. The molecule has 0 heterocycles. The number of methoxy groups -OCH3 is 1. The predicted molar refractivity (Wildman–Crippen MR) is 46.2 cm³/mol. The zero-order valence-corrected chi connectivity index (χ0v) is 6.29. The summed E-state index contributed by atoms with van der Waals surface area (Å²) in [6.07, 6.45) is 0. The number of nitrogens with two attached hydrogens (primary N) is 3. The molecule has 1 aromatic rings. The van der Waals surface area contributed by atoms with Crippen molar-refractivity contribution in [1.82, 2.24) is 0 Å². The lowest BCUT2D eigenvalue weighted by Gasteiger charge is -2.07. The fourth-order valence-electron chi connectivity index (χ4n) is 0.934. The van der Waals surface area contributed by atoms with E-state index in [1.54, 1.807) is 12.1 Å². The minimum atomic E-state index is 0.463. The summed E-state index contributed by atoms with van der Waals surface area (Å²) < 4.78 is 4.93. The lowest BCUT2D eigenvalue weighted by Crippen LogP contribution is -1.99. The first-order valence-electron chi connectivity index (χ1n) is 3.13. The van der Waals surface area contributed by atoms with Crippen LogP contribution < -0.4 is 21.9 Å². The van der Waals surface area contributed by atoms with Crippen LogP contribution in [-0.2, 0) is 0 Å². The predicted octanol–water partition coefficient (Wildman–Crippen LogP) is 0.442. The third-order valence-corrected chi connectivity index (χ3v) is 1.37. The first-order chi connectivity index (χ1) is 5.15. The SMILES string of the molecule is COc1c(N)cc(N)cc1N. The molecule has 1 rings (SSSR count). The molecule has 0 saturated heterocycles. The van der Waals surface area contributed by atoms with Gasteiger partial charge in [-0.2, -0.15) is 0 Å². The molecule has 0 saturated carbocycles. The van der Waals surface area contributed by atoms with Crippen LogP contribution in [0.4, 0.5) is 17.1 Å². The highest BCUT2D eigenvalue weighted by Gasteiger charge is 2.03. The van der Waals surface area contributed by atoms with E-state index >= 15 is 0 Å². The van der Waals surface area contributed by atoms with E-state index in [0.29, 0.717) is 22.8 Å². The molecule has 0 aliphatic carbocycles. The normalized spacial score (nSPS) is 9.55. The van der Waals surface area contributed by atoms with E-state index in [1.165, 1.54) is 7.11 Å². The first-order valence-corrected chi connectivity index (χ1v) is 3.13. The Hall–Kier alpha value is -1.58. The number of anilines is 3. The van der Waals surface area contributed by atoms with Gasteiger partial charge in [0.1, 0.15) is 0 Å². The average Bonchev–Trinajstić information content (AvgIpc) is 1.85. The topological polar surface area (TPSA) is 87.3 Å². The van der Waals surface area contributed by atoms with E-state index in [4.69, 9.17) is 21.9 Å². The van der Waals surface area contributed by atoms with Crippen molar-refractivity contribution in [2.24, 2.45) is 0 Å². The van der Waals surface area contributed by atoms with Gasteiger partial charge in [-0.3, -0.25) is 0 Å². The summed E-state index contributed by atoms with van der Waals surface area (Å²) in [5, 5.41) is 0. The molecule has 11 heavy (non-hydrogen) atoms. The van der Waals surface area contributed by atoms with Crippen molar-refractivity contribution in [2.75, 3.05) is 24.3 Å². The van der Waals surface area contributed by atoms with Crippen LogP contribution in [0.2, 0.25) is 0 Å². The Bertz CT molecular complexity index is 249. The van der Waals surface area contributed by atoms with E-state index in [2.05, 4.69) is 0 Å². The van der Waals surface area contributed by atoms with Crippen molar-refractivity contribution in [3.8, 4) is 5.75 Å². The van der Waals surface area contributed by atoms with Crippen LogP contribution in [0.3, 0.4) is 0 Å². The van der Waals surface area contributed by atoms with E-state index in [1.807, 2.05) is 0 Å². The van der Waals surface area contributed by atoms with Crippen molar-refractivity contribution in [1.29, 1.82) is 0 Å². The summed E-state index contributed by atoms with van der Waals surface area (Å²) in [5.74, 6) is 0.485. The molecule has 0 atom stereocenters. The number of hydrogen-bond acceptors (Lipinski definition) is 4. The molecule has 60 valence electrons. The Labute approximate surface area is 64.9 Å². The standard InChI is InChI=1S/C7H11N3O/c1-11-7-5(9)2-4(8)3-6(7)10/h2-3H,8-10H2,1H3. The van der Waals surface area contributed by atoms with E-state index in [-0.39, 0.29) is 0 Å². The molecule has 6 N–H and O–H groups in total. The average molecular weight is 153 g/mol. The van der Waals surface area contributed by atoms with E-state index in [9.17, 15) is 0 Å². The number of nitrogen functional groups attached to an aromatic ring is 3. The van der Waals surface area contributed by atoms with Crippen molar-refractivity contribution < 1.29 is 4.74 Å². The summed E-state index contributed by atoms with van der Waals surface area (Å²) in [6.45, 7) is 0. The molecule has 0 amide bonds. The number of rotatable bonds is 1. The largest absolute Gasteiger partial charge is 0.492 e. The highest BCUT2D eigenvalue weighted by atomic mass is 16.5. The lowest BCUT2D eigenvalue weighted by atomic mass is 10.2. The molecule has 0 aliphatic heterocycles. The minimum Gasteiger partial charge on any atom is -0.492 e. The molecule has 4 heteroatoms. The molecule has 4 nitrogen and oxygen atoms in total. The highest BCUT2D eigenvalue weighted by molar-refractivity contribution is 5.73. The Morgan fingerprint density at radius 2 is 1.55 bits per heavy atom. The summed E-state index contributed by atoms with van der Waals surface area (Å²) in [4.78, 5) is 0. The van der Waals surface area contributed by atoms with Crippen LogP contribution >= 0.6 is 0 Å². The maximum atomic E-state index is 5.55. The molecule has 0 fully saturated rings. The number of ether oxygens (including phenoxy) is 1. The molecular formula is C7H11N3O. The van der Waals surface area contributed by atoms with Gasteiger partial charge in [0.25, 0.3) is 0 Å². The molecule has 1 aromatic carbocycles. The second-order valence-electron chi connectivity index (χ2n) is 2.23. The smallest absolute Gasteiger partial charge is 0.164 e. The zero-order chi connectivity index (χ0) is 8.43. The van der Waals surface area contributed by atoms with E-state index in [0.717, 1.165) is 0 Å². The lowest BCUT2D eigenvalue weighted by molar-refractivity contribution is 0.419. The van der Waals surface area contributed by atoms with Crippen LogP contribution in [0.25, 0.3) is 0 Å². The first kappa shape index (κ1) is 7.53. The van der Waals surface area contributed by atoms with Crippen LogP contribution in [0.1, 0.15) is 0 Å². The molecule has 0 aliphatic rings. The van der Waals surface area contributed by atoms with Gasteiger partial charge >= 0.3 is 0 Å². The second-order valence-corrected chi connectivity index (χ2v) is 2.23. The zero-order valence-electron chi connectivity index (χ0n) is 6.29. The quantitative estimate of drug-likeness (QED) is 0.511. The summed E-state index contributed by atoms with van der Waals surface area (Å²) in [6, 6.07) is 3.21. The van der Waals surface area contributed by atoms with Crippen molar-refractivity contribution in [3.05, 3.63) is 12.1 Å². The molecular weight excluding hydrogens is 142 g/mol. The van der Waals surface area contributed by atoms with Crippen LogP contribution in [0.5, 0.6) is 5.75 Å². The second kappa shape index (κ2) is 2.57. The summed E-state index contributed by atoms with van der Waals surface area (Å²) in [5.41, 5.74) is 18.0. The maximum Gasteiger partial charge on any atom is 0.164 e. The van der Waals surface area contributed by atoms with Crippen molar-refractivity contribution >= 4 is 17.1 Å². The summed E-state index contributed by atoms with van der Waals surface area (Å²) >= 11 is 0. The Balaban J connectivity index is 3.25. The van der Waals surface area contributed by atoms with Crippen LogP contribution in [0.15, 0.2) is 12.1 Å². The molecule has 0 bridgehead atoms. The molecule has 0 radical (unpaired) electrons. The highest BCUT2D eigenvalue weighted by Crippen LogP contribution is 2.30. The number of hydrogen-bond donors (Lipinski definition) is 3. The van der Waals surface area contributed by atoms with Crippen molar-refractivity contribution in [2.45, 2.75) is 0 Å². The van der Waals surface area contributed by atoms with Gasteiger partial charge in [-0.25, -0.2) is 0 Å². The fourth-order valence-corrected chi connectivity index (χ4v) is 0.934. The Morgan fingerprint density at radius 1 is 1.09 bits per heavy atom. The van der Waals surface area contributed by atoms with Gasteiger partial charge in [-0.1, -0.05) is 0 Å². The van der Waals surface area contributed by atoms with E-state index < -0.39 is 0 Å². The van der Waals surface area contributed by atoms with Gasteiger partial charge in [-0.15, -0.1) is 0 Å². The monoisotopic (exact) mass is 153 g/mol. The summed E-state index contributed by atoms with van der Waals surface area (Å²) in [7, 11) is 1.51. The number of benzene rings is 1. The van der Waals surface area contributed by atoms with Crippen LogP contribution in [0, 0.1) is 0 Å². The third kappa shape index (κ3) is 1.29. The fraction of sp³-hybridized carbons (Fsp3) is 0.143. The van der Waals surface area contributed by atoms with Crippen LogP contribution in [-0.4, -0.2) is 7.11 Å².